The van der Waals surface area contributed by atoms with Gasteiger partial charge >= 0.3 is 0 Å². The monoisotopic (exact) mass is 340 g/mol. The molecule has 1 unspecified atom stereocenters. The summed E-state index contributed by atoms with van der Waals surface area (Å²) in [5.74, 6) is 0.121. The van der Waals surface area contributed by atoms with E-state index in [4.69, 9.17) is 16.3 Å². The number of amides is 1. The number of carbonyl (C=O) groups is 1. The number of aliphatic hydroxyl groups excluding tert-OH is 1. The molecule has 0 bridgehead atoms. The molecule has 0 spiro atoms. The summed E-state index contributed by atoms with van der Waals surface area (Å²) in [5, 5.41) is 10.8. The minimum absolute atomic E-state index is 0.121. The van der Waals surface area contributed by atoms with Gasteiger partial charge in [-0.2, -0.15) is 0 Å². The first-order valence-corrected chi connectivity index (χ1v) is 8.41. The molecule has 1 aliphatic heterocycles. The van der Waals surface area contributed by atoms with Crippen molar-refractivity contribution in [2.45, 2.75) is 26.1 Å². The smallest absolute Gasteiger partial charge is 0.219 e. The number of hydrogen-bond acceptors (Lipinski definition) is 4. The lowest BCUT2D eigenvalue weighted by molar-refractivity contribution is -0.128. The van der Waals surface area contributed by atoms with Crippen LogP contribution in [0.1, 0.15) is 18.9 Å². The molecule has 0 radical (unpaired) electrons. The summed E-state index contributed by atoms with van der Waals surface area (Å²) in [5.41, 5.74) is 0.924. The third kappa shape index (κ3) is 6.11. The molecule has 1 saturated heterocycles. The number of nitrogens with zero attached hydrogens (tertiary/aromatic N) is 2. The van der Waals surface area contributed by atoms with E-state index >= 15 is 0 Å². The quantitative estimate of drug-likeness (QED) is 0.857. The molecule has 0 aromatic heterocycles. The summed E-state index contributed by atoms with van der Waals surface area (Å²) in [6, 6.07) is 7.54. The third-order valence-corrected chi connectivity index (χ3v) is 4.40. The van der Waals surface area contributed by atoms with Crippen molar-refractivity contribution in [2.75, 3.05) is 39.3 Å². The van der Waals surface area contributed by atoms with E-state index in [1.807, 2.05) is 29.2 Å². The molecule has 1 atom stereocenters. The molecule has 1 N–H and O–H groups in total. The first-order valence-electron chi connectivity index (χ1n) is 8.03. The Bertz CT molecular complexity index is 512. The van der Waals surface area contributed by atoms with Gasteiger partial charge in [0.1, 0.15) is 0 Å². The topological polar surface area (TPSA) is 53.0 Å². The van der Waals surface area contributed by atoms with E-state index in [2.05, 4.69) is 4.90 Å². The van der Waals surface area contributed by atoms with E-state index in [0.29, 0.717) is 18.2 Å². The molecule has 1 aromatic rings. The largest absolute Gasteiger partial charge is 0.389 e. The molecule has 1 aliphatic rings. The van der Waals surface area contributed by atoms with E-state index in [-0.39, 0.29) is 12.5 Å². The highest BCUT2D eigenvalue weighted by atomic mass is 35.5. The Hall–Kier alpha value is -1.14. The van der Waals surface area contributed by atoms with Crippen LogP contribution in [0.25, 0.3) is 0 Å². The van der Waals surface area contributed by atoms with Gasteiger partial charge in [0.2, 0.25) is 5.91 Å². The maximum atomic E-state index is 11.4. The number of ether oxygens (including phenoxy) is 1. The molecule has 0 aliphatic carbocycles. The predicted molar refractivity (Wildman–Crippen MR) is 90.4 cm³/mol. The minimum Gasteiger partial charge on any atom is -0.389 e. The van der Waals surface area contributed by atoms with Gasteiger partial charge in [-0.3, -0.25) is 9.69 Å². The predicted octanol–water partition coefficient (Wildman–Crippen LogP) is 1.77. The maximum Gasteiger partial charge on any atom is 0.219 e. The first kappa shape index (κ1) is 18.2. The van der Waals surface area contributed by atoms with Crippen LogP contribution >= 0.6 is 11.6 Å². The fraction of sp³-hybridized carbons (Fsp3) is 0.588. The Labute approximate surface area is 142 Å². The van der Waals surface area contributed by atoms with Gasteiger partial charge in [-0.05, 0) is 24.6 Å². The van der Waals surface area contributed by atoms with Crippen LogP contribution in [0.4, 0.5) is 0 Å². The average molecular weight is 341 g/mol. The lowest BCUT2D eigenvalue weighted by Gasteiger charge is -2.23. The SMILES string of the molecule is CC(=O)N1CCCN(CC(O)COCc2ccccc2Cl)CC1. The number of hydrogen-bond donors (Lipinski definition) is 1. The molecule has 2 rings (SSSR count). The van der Waals surface area contributed by atoms with Crippen LogP contribution in [0.2, 0.25) is 5.02 Å². The summed E-state index contributed by atoms with van der Waals surface area (Å²) in [6.07, 6.45) is 0.397. The van der Waals surface area contributed by atoms with Crippen LogP contribution in [-0.4, -0.2) is 66.2 Å². The molecule has 1 aromatic carbocycles. The Kier molecular flexibility index (Phi) is 7.30. The number of β-amino-alcohol motifs (C(OH)–C–C–N with tert-alkyl or cyclic N) is 1. The van der Waals surface area contributed by atoms with Gasteiger partial charge in [-0.25, -0.2) is 0 Å². The Balaban J connectivity index is 1.69. The highest BCUT2D eigenvalue weighted by molar-refractivity contribution is 6.31. The van der Waals surface area contributed by atoms with E-state index in [9.17, 15) is 9.90 Å². The zero-order valence-corrected chi connectivity index (χ0v) is 14.3. The second-order valence-electron chi connectivity index (χ2n) is 5.92. The standard InChI is InChI=1S/C17H25ClN2O3/c1-14(21)20-8-4-7-19(9-10-20)11-16(22)13-23-12-15-5-2-3-6-17(15)18/h2-3,5-6,16,22H,4,7-13H2,1H3. The van der Waals surface area contributed by atoms with Gasteiger partial charge in [-0.1, -0.05) is 29.8 Å². The van der Waals surface area contributed by atoms with E-state index in [0.717, 1.165) is 38.2 Å². The normalized spacial score (nSPS) is 17.8. The van der Waals surface area contributed by atoms with E-state index < -0.39 is 6.10 Å². The fourth-order valence-electron chi connectivity index (χ4n) is 2.74. The average Bonchev–Trinajstić information content (AvgIpc) is 2.75. The van der Waals surface area contributed by atoms with E-state index in [1.54, 1.807) is 6.92 Å². The molecular formula is C17H25ClN2O3. The lowest BCUT2D eigenvalue weighted by atomic mass is 10.2. The number of rotatable bonds is 6. The van der Waals surface area contributed by atoms with Crippen molar-refractivity contribution in [3.05, 3.63) is 34.9 Å². The van der Waals surface area contributed by atoms with Crippen LogP contribution in [0.3, 0.4) is 0 Å². The zero-order valence-electron chi connectivity index (χ0n) is 13.6. The molecule has 1 heterocycles. The van der Waals surface area contributed by atoms with E-state index in [1.165, 1.54) is 0 Å². The van der Waals surface area contributed by atoms with Crippen molar-refractivity contribution < 1.29 is 14.6 Å². The van der Waals surface area contributed by atoms with Crippen LogP contribution < -0.4 is 0 Å². The zero-order chi connectivity index (χ0) is 16.7. The van der Waals surface area contributed by atoms with Crippen LogP contribution in [0.15, 0.2) is 24.3 Å². The second-order valence-corrected chi connectivity index (χ2v) is 6.33. The number of halogens is 1. The Morgan fingerprint density at radius 3 is 2.83 bits per heavy atom. The summed E-state index contributed by atoms with van der Waals surface area (Å²) < 4.78 is 5.57. The summed E-state index contributed by atoms with van der Waals surface area (Å²) >= 11 is 6.07. The molecule has 1 amide bonds. The van der Waals surface area contributed by atoms with Crippen molar-refractivity contribution in [1.82, 2.24) is 9.80 Å². The number of benzene rings is 1. The molecule has 1 fully saturated rings. The van der Waals surface area contributed by atoms with Crippen molar-refractivity contribution >= 4 is 17.5 Å². The molecule has 5 nitrogen and oxygen atoms in total. The van der Waals surface area contributed by atoms with Gasteiger partial charge in [-0.15, -0.1) is 0 Å². The highest BCUT2D eigenvalue weighted by Gasteiger charge is 2.18. The Morgan fingerprint density at radius 1 is 1.30 bits per heavy atom. The third-order valence-electron chi connectivity index (χ3n) is 4.03. The lowest BCUT2D eigenvalue weighted by Crippen LogP contribution is -2.38. The molecule has 0 saturated carbocycles. The fourth-order valence-corrected chi connectivity index (χ4v) is 2.93. The van der Waals surface area contributed by atoms with Crippen LogP contribution in [0, 0.1) is 0 Å². The Morgan fingerprint density at radius 2 is 2.09 bits per heavy atom. The summed E-state index contributed by atoms with van der Waals surface area (Å²) in [7, 11) is 0. The van der Waals surface area contributed by atoms with Crippen LogP contribution in [0.5, 0.6) is 0 Å². The number of aliphatic hydroxyl groups is 1. The van der Waals surface area contributed by atoms with Gasteiger partial charge < -0.3 is 14.7 Å². The van der Waals surface area contributed by atoms with Crippen molar-refractivity contribution in [2.24, 2.45) is 0 Å². The first-order chi connectivity index (χ1) is 11.1. The van der Waals surface area contributed by atoms with Gasteiger partial charge in [0.05, 0.1) is 19.3 Å². The summed E-state index contributed by atoms with van der Waals surface area (Å²) in [4.78, 5) is 15.5. The molecule has 23 heavy (non-hydrogen) atoms. The molecular weight excluding hydrogens is 316 g/mol. The molecule has 6 heteroatoms. The van der Waals surface area contributed by atoms with Crippen molar-refractivity contribution in [3.63, 3.8) is 0 Å². The number of carbonyl (C=O) groups excluding carboxylic acids is 1. The minimum atomic E-state index is -0.540. The van der Waals surface area contributed by atoms with Gasteiger partial charge in [0, 0.05) is 38.1 Å². The second kappa shape index (κ2) is 9.23. The van der Waals surface area contributed by atoms with Crippen molar-refractivity contribution in [1.29, 1.82) is 0 Å². The summed E-state index contributed by atoms with van der Waals surface area (Å²) in [6.45, 7) is 6.05. The van der Waals surface area contributed by atoms with Crippen molar-refractivity contribution in [3.8, 4) is 0 Å². The maximum absolute atomic E-state index is 11.4. The highest BCUT2D eigenvalue weighted by Crippen LogP contribution is 2.15. The molecule has 128 valence electrons. The van der Waals surface area contributed by atoms with Gasteiger partial charge in [0.25, 0.3) is 0 Å². The van der Waals surface area contributed by atoms with Crippen LogP contribution in [-0.2, 0) is 16.1 Å². The van der Waals surface area contributed by atoms with Gasteiger partial charge in [0.15, 0.2) is 0 Å².